The van der Waals surface area contributed by atoms with E-state index in [1.54, 1.807) is 6.20 Å². The lowest BCUT2D eigenvalue weighted by molar-refractivity contribution is 0.729. The fourth-order valence-electron chi connectivity index (χ4n) is 2.39. The van der Waals surface area contributed by atoms with Crippen LogP contribution in [0.15, 0.2) is 66.9 Å². The molecule has 7 heteroatoms. The highest BCUT2D eigenvalue weighted by Crippen LogP contribution is 2.24. The molecule has 3 heterocycles. The monoisotopic (exact) mass is 303 g/mol. The molecule has 0 aliphatic rings. The average molecular weight is 303 g/mol. The molecule has 0 aliphatic heterocycles. The quantitative estimate of drug-likeness (QED) is 0.622. The molecule has 0 radical (unpaired) electrons. The van der Waals surface area contributed by atoms with E-state index < -0.39 is 0 Å². The van der Waals surface area contributed by atoms with Crippen molar-refractivity contribution in [3.05, 3.63) is 78.1 Å². The van der Waals surface area contributed by atoms with Gasteiger partial charge in [-0.25, -0.2) is 0 Å². The van der Waals surface area contributed by atoms with Gasteiger partial charge in [-0.1, -0.05) is 36.4 Å². The molecule has 0 saturated heterocycles. The van der Waals surface area contributed by atoms with Crippen LogP contribution in [0.25, 0.3) is 5.65 Å². The van der Waals surface area contributed by atoms with Crippen LogP contribution in [0.2, 0.25) is 0 Å². The molecule has 0 unspecified atom stereocenters. The average Bonchev–Trinajstić information content (AvgIpc) is 3.09. The summed E-state index contributed by atoms with van der Waals surface area (Å²) in [6, 6.07) is 19.5. The highest BCUT2D eigenvalue weighted by molar-refractivity contribution is 5.46. The zero-order chi connectivity index (χ0) is 15.5. The first-order chi connectivity index (χ1) is 11.4. The van der Waals surface area contributed by atoms with E-state index in [2.05, 4.69) is 43.1 Å². The van der Waals surface area contributed by atoms with Crippen LogP contribution >= 0.6 is 0 Å². The van der Waals surface area contributed by atoms with Crippen molar-refractivity contribution < 1.29 is 0 Å². The number of nitrogens with zero attached hydrogens (tertiary/aromatic N) is 6. The number of anilines is 1. The van der Waals surface area contributed by atoms with E-state index in [9.17, 15) is 0 Å². The summed E-state index contributed by atoms with van der Waals surface area (Å²) in [5.74, 6) is 0.671. The first-order valence-corrected chi connectivity index (χ1v) is 7.18. The van der Waals surface area contributed by atoms with Gasteiger partial charge in [0.1, 0.15) is 5.82 Å². The van der Waals surface area contributed by atoms with Gasteiger partial charge < -0.3 is 5.32 Å². The summed E-state index contributed by atoms with van der Waals surface area (Å²) in [4.78, 5) is 4.47. The first kappa shape index (κ1) is 13.3. The number of aromatic nitrogens is 6. The molecule has 1 aromatic carbocycles. The molecule has 0 aliphatic carbocycles. The standard InChI is InChI=1S/C16H13N7/c1-2-6-12(7-3-1)16(13-8-4-5-11-17-13)18-14-9-10-15-19-21-22-23(15)20-14/h1-11,16H,(H,18,20)/t16-/m1/s1. The number of fused-ring (bicyclic) bond motifs is 1. The Bertz CT molecular complexity index is 866. The van der Waals surface area contributed by atoms with E-state index in [0.717, 1.165) is 11.3 Å². The van der Waals surface area contributed by atoms with Gasteiger partial charge in [0.2, 0.25) is 0 Å². The number of nitrogens with one attached hydrogen (secondary N) is 1. The zero-order valence-electron chi connectivity index (χ0n) is 12.1. The summed E-state index contributed by atoms with van der Waals surface area (Å²) in [5.41, 5.74) is 2.62. The van der Waals surface area contributed by atoms with Crippen LogP contribution in [0.4, 0.5) is 5.82 Å². The lowest BCUT2D eigenvalue weighted by atomic mass is 10.0. The Balaban J connectivity index is 1.73. The van der Waals surface area contributed by atoms with Crippen molar-refractivity contribution in [1.82, 2.24) is 30.2 Å². The topological polar surface area (TPSA) is 80.9 Å². The van der Waals surface area contributed by atoms with Crippen molar-refractivity contribution in [2.24, 2.45) is 0 Å². The molecule has 4 aromatic rings. The molecule has 0 saturated carbocycles. The Morgan fingerprint density at radius 3 is 2.61 bits per heavy atom. The Labute approximate surface area is 132 Å². The molecule has 0 fully saturated rings. The van der Waals surface area contributed by atoms with E-state index >= 15 is 0 Å². The predicted octanol–water partition coefficient (Wildman–Crippen LogP) is 2.12. The van der Waals surface area contributed by atoms with E-state index in [1.165, 1.54) is 4.63 Å². The number of tetrazole rings is 1. The second-order valence-corrected chi connectivity index (χ2v) is 4.99. The molecular formula is C16H13N7. The largest absolute Gasteiger partial charge is 0.356 e. The SMILES string of the molecule is c1ccc([C@@H](Nc2ccc3nnnn3n2)c2ccccn2)cc1. The molecule has 1 atom stereocenters. The predicted molar refractivity (Wildman–Crippen MR) is 84.7 cm³/mol. The van der Waals surface area contributed by atoms with Crippen LogP contribution in [0, 0.1) is 0 Å². The molecule has 0 bridgehead atoms. The van der Waals surface area contributed by atoms with Crippen LogP contribution in [-0.2, 0) is 0 Å². The third-order valence-corrected chi connectivity index (χ3v) is 3.48. The van der Waals surface area contributed by atoms with Crippen molar-refractivity contribution in [2.75, 3.05) is 5.32 Å². The number of hydrogen-bond donors (Lipinski definition) is 1. The maximum atomic E-state index is 4.47. The second-order valence-electron chi connectivity index (χ2n) is 4.99. The molecule has 3 aromatic heterocycles. The van der Waals surface area contributed by atoms with Crippen LogP contribution in [0.5, 0.6) is 0 Å². The zero-order valence-corrected chi connectivity index (χ0v) is 12.1. The molecule has 23 heavy (non-hydrogen) atoms. The van der Waals surface area contributed by atoms with Gasteiger partial charge in [0.15, 0.2) is 5.65 Å². The Kier molecular flexibility index (Phi) is 3.36. The van der Waals surface area contributed by atoms with Gasteiger partial charge in [-0.15, -0.1) is 14.8 Å². The Morgan fingerprint density at radius 1 is 0.913 bits per heavy atom. The van der Waals surface area contributed by atoms with Crippen LogP contribution < -0.4 is 5.32 Å². The maximum Gasteiger partial charge on any atom is 0.200 e. The van der Waals surface area contributed by atoms with Gasteiger partial charge >= 0.3 is 0 Å². The minimum absolute atomic E-state index is 0.112. The van der Waals surface area contributed by atoms with Crippen LogP contribution in [0.3, 0.4) is 0 Å². The third kappa shape index (κ3) is 2.71. The summed E-state index contributed by atoms with van der Waals surface area (Å²) >= 11 is 0. The smallest absolute Gasteiger partial charge is 0.200 e. The summed E-state index contributed by atoms with van der Waals surface area (Å²) in [5, 5.41) is 19.0. The summed E-state index contributed by atoms with van der Waals surface area (Å²) in [6.07, 6.45) is 1.78. The third-order valence-electron chi connectivity index (χ3n) is 3.48. The Hall–Kier alpha value is -3.35. The summed E-state index contributed by atoms with van der Waals surface area (Å²) in [7, 11) is 0. The lowest BCUT2D eigenvalue weighted by Gasteiger charge is -2.19. The minimum Gasteiger partial charge on any atom is -0.356 e. The van der Waals surface area contributed by atoms with Crippen molar-refractivity contribution in [1.29, 1.82) is 0 Å². The van der Waals surface area contributed by atoms with Gasteiger partial charge in [-0.3, -0.25) is 4.98 Å². The molecule has 0 spiro atoms. The van der Waals surface area contributed by atoms with E-state index in [4.69, 9.17) is 0 Å². The van der Waals surface area contributed by atoms with E-state index in [-0.39, 0.29) is 6.04 Å². The minimum atomic E-state index is -0.112. The Morgan fingerprint density at radius 2 is 1.78 bits per heavy atom. The van der Waals surface area contributed by atoms with Gasteiger partial charge in [0, 0.05) is 6.20 Å². The fourth-order valence-corrected chi connectivity index (χ4v) is 2.39. The van der Waals surface area contributed by atoms with Crippen molar-refractivity contribution >= 4 is 11.5 Å². The van der Waals surface area contributed by atoms with Gasteiger partial charge in [0.25, 0.3) is 0 Å². The maximum absolute atomic E-state index is 4.47. The molecule has 7 nitrogen and oxygen atoms in total. The molecule has 4 rings (SSSR count). The number of benzene rings is 1. The van der Waals surface area contributed by atoms with Gasteiger partial charge in [-0.05, 0) is 40.3 Å². The van der Waals surface area contributed by atoms with E-state index in [0.29, 0.717) is 11.5 Å². The molecular weight excluding hydrogens is 290 g/mol. The van der Waals surface area contributed by atoms with Crippen LogP contribution in [0.1, 0.15) is 17.3 Å². The molecule has 0 amide bonds. The fraction of sp³-hybridized carbons (Fsp3) is 0.0625. The lowest BCUT2D eigenvalue weighted by Crippen LogP contribution is -2.15. The number of pyridine rings is 1. The summed E-state index contributed by atoms with van der Waals surface area (Å²) in [6.45, 7) is 0. The number of hydrogen-bond acceptors (Lipinski definition) is 6. The summed E-state index contributed by atoms with van der Waals surface area (Å²) < 4.78 is 1.39. The highest BCUT2D eigenvalue weighted by atomic mass is 15.6. The molecule has 1 N–H and O–H groups in total. The van der Waals surface area contributed by atoms with Gasteiger partial charge in [-0.2, -0.15) is 0 Å². The van der Waals surface area contributed by atoms with E-state index in [1.807, 2.05) is 48.5 Å². The highest BCUT2D eigenvalue weighted by Gasteiger charge is 2.16. The molecule has 112 valence electrons. The number of rotatable bonds is 4. The van der Waals surface area contributed by atoms with Crippen molar-refractivity contribution in [2.45, 2.75) is 6.04 Å². The van der Waals surface area contributed by atoms with Crippen molar-refractivity contribution in [3.63, 3.8) is 0 Å². The van der Waals surface area contributed by atoms with Crippen LogP contribution in [-0.4, -0.2) is 30.2 Å². The van der Waals surface area contributed by atoms with Crippen molar-refractivity contribution in [3.8, 4) is 0 Å². The first-order valence-electron chi connectivity index (χ1n) is 7.18. The van der Waals surface area contributed by atoms with Gasteiger partial charge in [0.05, 0.1) is 11.7 Å². The normalized spacial score (nSPS) is 12.2. The second kappa shape index (κ2) is 5.80.